The van der Waals surface area contributed by atoms with Gasteiger partial charge in [-0.3, -0.25) is 9.59 Å². The monoisotopic (exact) mass is 771 g/mol. The zero-order valence-electron chi connectivity index (χ0n) is 37.9. The molecule has 0 saturated carbocycles. The largest absolute Gasteiger partial charge is 0.462 e. The summed E-state index contributed by atoms with van der Waals surface area (Å²) in [5.41, 5.74) is 1.05. The smallest absolute Gasteiger partial charge is 0.306 e. The first-order valence-corrected chi connectivity index (χ1v) is 23.2. The molecular formula is C50H90O5. The minimum absolute atomic E-state index is 0.0290. The number of carbonyl (C=O) groups excluding carboxylic acids is 2. The van der Waals surface area contributed by atoms with Gasteiger partial charge in [-0.2, -0.15) is 0 Å². The van der Waals surface area contributed by atoms with Gasteiger partial charge in [-0.15, -0.1) is 0 Å². The Morgan fingerprint density at radius 2 is 0.818 bits per heavy atom. The molecule has 0 radical (unpaired) electrons. The van der Waals surface area contributed by atoms with Gasteiger partial charge in [0.2, 0.25) is 0 Å². The highest BCUT2D eigenvalue weighted by Crippen LogP contribution is 2.25. The molecule has 1 rings (SSSR count). The van der Waals surface area contributed by atoms with Gasteiger partial charge in [0, 0.05) is 12.8 Å². The predicted octanol–water partition coefficient (Wildman–Crippen LogP) is 14.6. The lowest BCUT2D eigenvalue weighted by Gasteiger charge is -2.20. The van der Waals surface area contributed by atoms with Crippen molar-refractivity contribution >= 4 is 11.9 Å². The van der Waals surface area contributed by atoms with Crippen LogP contribution in [-0.4, -0.2) is 31.3 Å². The molecule has 0 saturated heterocycles. The van der Waals surface area contributed by atoms with Gasteiger partial charge >= 0.3 is 11.9 Å². The average Bonchev–Trinajstić information content (AvgIpc) is 3.10. The highest BCUT2D eigenvalue weighted by Gasteiger charge is 2.21. The van der Waals surface area contributed by atoms with Gasteiger partial charge in [-0.05, 0) is 52.9 Å². The third-order valence-corrected chi connectivity index (χ3v) is 11.7. The highest BCUT2D eigenvalue weighted by atomic mass is 16.6. The number of hydrogen-bond donors (Lipinski definition) is 0. The van der Waals surface area contributed by atoms with Crippen molar-refractivity contribution in [3.05, 3.63) is 35.9 Å². The number of esters is 2. The summed E-state index contributed by atoms with van der Waals surface area (Å²) in [6.07, 6.45) is 23.0. The second-order valence-electron chi connectivity index (χ2n) is 19.2. The van der Waals surface area contributed by atoms with Crippen LogP contribution in [0.25, 0.3) is 0 Å². The molecular weight excluding hydrogens is 681 g/mol. The second-order valence-corrected chi connectivity index (χ2v) is 19.2. The molecule has 0 amide bonds. The van der Waals surface area contributed by atoms with Crippen LogP contribution in [0.4, 0.5) is 0 Å². The molecule has 0 N–H and O–H groups in total. The molecule has 0 aliphatic carbocycles. The number of rotatable bonds is 35. The summed E-state index contributed by atoms with van der Waals surface area (Å²) in [5, 5.41) is 0. The number of benzene rings is 1. The van der Waals surface area contributed by atoms with Crippen molar-refractivity contribution in [3.63, 3.8) is 0 Å². The molecule has 2 unspecified atom stereocenters. The van der Waals surface area contributed by atoms with Crippen molar-refractivity contribution in [2.45, 2.75) is 210 Å². The fraction of sp³-hybridized carbons (Fsp3) is 0.840. The van der Waals surface area contributed by atoms with Crippen molar-refractivity contribution in [3.8, 4) is 0 Å². The lowest BCUT2D eigenvalue weighted by molar-refractivity contribution is -0.164. The first-order valence-electron chi connectivity index (χ1n) is 23.2. The van der Waals surface area contributed by atoms with Crippen LogP contribution in [0, 0.1) is 47.3 Å². The molecule has 0 spiro atoms. The number of hydrogen-bond acceptors (Lipinski definition) is 5. The molecule has 0 aliphatic heterocycles. The summed E-state index contributed by atoms with van der Waals surface area (Å²) in [6.45, 7) is 23.8. The van der Waals surface area contributed by atoms with E-state index in [0.29, 0.717) is 19.4 Å². The van der Waals surface area contributed by atoms with Gasteiger partial charge in [0.15, 0.2) is 6.10 Å². The maximum Gasteiger partial charge on any atom is 0.306 e. The van der Waals surface area contributed by atoms with Gasteiger partial charge in [-0.25, -0.2) is 0 Å². The molecule has 55 heavy (non-hydrogen) atoms. The Bertz CT molecular complexity index is 1050. The number of ether oxygens (including phenoxy) is 3. The van der Waals surface area contributed by atoms with Crippen molar-refractivity contribution in [1.29, 1.82) is 0 Å². The van der Waals surface area contributed by atoms with Crippen molar-refractivity contribution in [2.24, 2.45) is 47.3 Å². The molecule has 5 nitrogen and oxygen atoms in total. The fourth-order valence-electron chi connectivity index (χ4n) is 7.84. The summed E-state index contributed by atoms with van der Waals surface area (Å²) in [7, 11) is 0. The van der Waals surface area contributed by atoms with Gasteiger partial charge in [0.25, 0.3) is 0 Å². The first kappa shape index (κ1) is 51.1. The molecule has 0 heterocycles. The Labute approximate surface area is 341 Å². The zero-order chi connectivity index (χ0) is 40.8. The van der Waals surface area contributed by atoms with Crippen LogP contribution in [0.1, 0.15) is 203 Å². The lowest BCUT2D eigenvalue weighted by Crippen LogP contribution is -2.30. The third-order valence-electron chi connectivity index (χ3n) is 11.7. The summed E-state index contributed by atoms with van der Waals surface area (Å²) in [6, 6.07) is 9.96. The van der Waals surface area contributed by atoms with E-state index < -0.39 is 6.10 Å². The molecule has 7 atom stereocenters. The Kier molecular flexibility index (Phi) is 29.9. The van der Waals surface area contributed by atoms with E-state index in [0.717, 1.165) is 66.8 Å². The first-order chi connectivity index (χ1) is 26.2. The number of carbonyl (C=O) groups is 2. The summed E-state index contributed by atoms with van der Waals surface area (Å²) >= 11 is 0. The molecule has 0 aliphatic rings. The van der Waals surface area contributed by atoms with E-state index >= 15 is 0 Å². The van der Waals surface area contributed by atoms with Crippen molar-refractivity contribution < 1.29 is 23.8 Å². The Hall–Kier alpha value is -1.88. The highest BCUT2D eigenvalue weighted by molar-refractivity contribution is 5.70. The van der Waals surface area contributed by atoms with Gasteiger partial charge in [0.1, 0.15) is 6.61 Å². The van der Waals surface area contributed by atoms with Crippen LogP contribution in [0.5, 0.6) is 0 Å². The fourth-order valence-corrected chi connectivity index (χ4v) is 7.84. The van der Waals surface area contributed by atoms with Crippen molar-refractivity contribution in [2.75, 3.05) is 13.2 Å². The second kappa shape index (κ2) is 32.1. The molecule has 0 aromatic heterocycles. The zero-order valence-corrected chi connectivity index (χ0v) is 37.9. The van der Waals surface area contributed by atoms with Gasteiger partial charge in [0.05, 0.1) is 13.2 Å². The molecule has 0 bridgehead atoms. The molecule has 1 aromatic carbocycles. The molecule has 1 aromatic rings. The molecule has 320 valence electrons. The Balaban J connectivity index is 2.40. The normalized spacial score (nSPS) is 15.7. The minimum atomic E-state index is -0.616. The SMILES string of the molecule is CC(C)CCC[C@@H](C)CCC[C@@H](C)CCCC(C)CC(=O)OC[C@H](COCc1ccccc1)OC(=O)CC(C)CCC[C@H](C)CCC[C@H](C)CCCC(C)C. The lowest BCUT2D eigenvalue weighted by atomic mass is 9.91. The minimum Gasteiger partial charge on any atom is -0.462 e. The summed E-state index contributed by atoms with van der Waals surface area (Å²) < 4.78 is 17.5. The standard InChI is InChI=1S/C50H90O5/c1-39(2)20-14-22-41(5)24-16-26-43(7)28-18-30-45(9)34-49(51)54-38-48(37-53-36-47-32-12-11-13-33-47)55-50(52)35-46(10)31-19-29-44(8)27-17-25-42(6)23-15-21-40(3)4/h11-13,32-33,39-46,48H,14-31,34-38H2,1-10H3/t41-,42-,43-,44-,45?,46?,48+/m1/s1. The van der Waals surface area contributed by atoms with E-state index in [4.69, 9.17) is 14.2 Å². The van der Waals surface area contributed by atoms with Crippen LogP contribution < -0.4 is 0 Å². The predicted molar refractivity (Wildman–Crippen MR) is 234 cm³/mol. The van der Waals surface area contributed by atoms with Crippen LogP contribution in [0.3, 0.4) is 0 Å². The maximum atomic E-state index is 13.1. The van der Waals surface area contributed by atoms with E-state index in [9.17, 15) is 9.59 Å². The van der Waals surface area contributed by atoms with E-state index in [1.165, 1.54) is 89.9 Å². The van der Waals surface area contributed by atoms with Crippen LogP contribution >= 0.6 is 0 Å². The average molecular weight is 771 g/mol. The third kappa shape index (κ3) is 30.9. The van der Waals surface area contributed by atoms with Gasteiger partial charge in [-0.1, -0.05) is 215 Å². The van der Waals surface area contributed by atoms with Crippen LogP contribution in [-0.2, 0) is 30.4 Å². The maximum absolute atomic E-state index is 13.1. The van der Waals surface area contributed by atoms with E-state index in [1.807, 2.05) is 30.3 Å². The molecule has 0 fully saturated rings. The Morgan fingerprint density at radius 3 is 1.22 bits per heavy atom. The quantitative estimate of drug-likeness (QED) is 0.0643. The van der Waals surface area contributed by atoms with Crippen LogP contribution in [0.15, 0.2) is 30.3 Å². The van der Waals surface area contributed by atoms with E-state index in [1.54, 1.807) is 0 Å². The Morgan fingerprint density at radius 1 is 0.455 bits per heavy atom. The topological polar surface area (TPSA) is 61.8 Å². The van der Waals surface area contributed by atoms with E-state index in [2.05, 4.69) is 69.2 Å². The summed E-state index contributed by atoms with van der Waals surface area (Å²) in [4.78, 5) is 25.9. The molecule has 5 heteroatoms. The van der Waals surface area contributed by atoms with E-state index in [-0.39, 0.29) is 37.0 Å². The summed E-state index contributed by atoms with van der Waals surface area (Å²) in [5.74, 6) is 4.80. The van der Waals surface area contributed by atoms with Crippen LogP contribution in [0.2, 0.25) is 0 Å². The van der Waals surface area contributed by atoms with Crippen molar-refractivity contribution in [1.82, 2.24) is 0 Å². The van der Waals surface area contributed by atoms with Gasteiger partial charge < -0.3 is 14.2 Å².